The zero-order valence-electron chi connectivity index (χ0n) is 9.85. The minimum Gasteiger partial charge on any atom is -0.317 e. The minimum atomic E-state index is 0.441. The van der Waals surface area contributed by atoms with Gasteiger partial charge in [0.05, 0.1) is 0 Å². The molecule has 1 aliphatic heterocycles. The monoisotopic (exact) mass is 209 g/mol. The molecule has 0 amide bonds. The number of ketones is 1. The van der Waals surface area contributed by atoms with Crippen LogP contribution in [-0.2, 0) is 4.79 Å². The van der Waals surface area contributed by atoms with Crippen LogP contribution in [0.1, 0.15) is 51.9 Å². The predicted molar refractivity (Wildman–Crippen MR) is 61.8 cm³/mol. The van der Waals surface area contributed by atoms with E-state index in [9.17, 15) is 4.79 Å². The second kappa shape index (κ2) is 4.65. The topological polar surface area (TPSA) is 29.1 Å². The van der Waals surface area contributed by atoms with Crippen molar-refractivity contribution in [3.8, 4) is 0 Å². The lowest BCUT2D eigenvalue weighted by Crippen LogP contribution is -2.30. The Labute approximate surface area is 92.8 Å². The lowest BCUT2D eigenvalue weighted by Gasteiger charge is -2.23. The van der Waals surface area contributed by atoms with E-state index in [-0.39, 0.29) is 0 Å². The molecule has 1 atom stereocenters. The Hall–Kier alpha value is -0.370. The van der Waals surface area contributed by atoms with Crippen LogP contribution in [-0.4, -0.2) is 18.9 Å². The quantitative estimate of drug-likeness (QED) is 0.705. The van der Waals surface area contributed by atoms with Crippen molar-refractivity contribution >= 4 is 5.78 Å². The number of carbonyl (C=O) groups excluding carboxylic acids is 1. The summed E-state index contributed by atoms with van der Waals surface area (Å²) in [5, 5.41) is 3.38. The highest BCUT2D eigenvalue weighted by atomic mass is 16.1. The molecule has 1 N–H and O–H groups in total. The second-order valence-electron chi connectivity index (χ2n) is 5.29. The number of hydrogen-bond acceptors (Lipinski definition) is 2. The molecule has 0 aromatic carbocycles. The fraction of sp³-hybridized carbons (Fsp3) is 0.923. The van der Waals surface area contributed by atoms with Gasteiger partial charge in [0.15, 0.2) is 0 Å². The van der Waals surface area contributed by atoms with Gasteiger partial charge in [0, 0.05) is 12.3 Å². The number of Topliss-reactive ketones (excluding diaryl/α,β-unsaturated/α-hetero) is 1. The lowest BCUT2D eigenvalue weighted by atomic mass is 9.90. The van der Waals surface area contributed by atoms with Crippen molar-refractivity contribution in [3.63, 3.8) is 0 Å². The van der Waals surface area contributed by atoms with Gasteiger partial charge in [0.25, 0.3) is 0 Å². The Morgan fingerprint density at radius 1 is 1.33 bits per heavy atom. The number of nitrogens with one attached hydrogen (secondary N) is 1. The summed E-state index contributed by atoms with van der Waals surface area (Å²) in [7, 11) is 0. The molecule has 2 nitrogen and oxygen atoms in total. The summed E-state index contributed by atoms with van der Waals surface area (Å²) in [6.07, 6.45) is 8.04. The first-order valence-corrected chi connectivity index (χ1v) is 6.52. The van der Waals surface area contributed by atoms with Crippen LogP contribution < -0.4 is 5.32 Å². The first kappa shape index (κ1) is 11.1. The third-order valence-electron chi connectivity index (χ3n) is 4.20. The summed E-state index contributed by atoms with van der Waals surface area (Å²) in [6, 6.07) is 0. The summed E-state index contributed by atoms with van der Waals surface area (Å²) in [5.74, 6) is 1.00. The summed E-state index contributed by atoms with van der Waals surface area (Å²) in [5.41, 5.74) is 0.453. The van der Waals surface area contributed by atoms with Crippen molar-refractivity contribution < 1.29 is 4.79 Å². The average Bonchev–Trinajstić information content (AvgIpc) is 2.94. The van der Waals surface area contributed by atoms with Gasteiger partial charge in [-0.1, -0.05) is 19.8 Å². The molecule has 0 aromatic heterocycles. The van der Waals surface area contributed by atoms with Crippen molar-refractivity contribution in [2.45, 2.75) is 51.9 Å². The molecule has 1 unspecified atom stereocenters. The molecule has 15 heavy (non-hydrogen) atoms. The van der Waals surface area contributed by atoms with Crippen LogP contribution in [0.3, 0.4) is 0 Å². The highest BCUT2D eigenvalue weighted by molar-refractivity contribution is 5.84. The molecular weight excluding hydrogens is 186 g/mol. The van der Waals surface area contributed by atoms with Gasteiger partial charge >= 0.3 is 0 Å². The van der Waals surface area contributed by atoms with Gasteiger partial charge < -0.3 is 5.32 Å². The first-order valence-electron chi connectivity index (χ1n) is 6.52. The molecule has 86 valence electrons. The van der Waals surface area contributed by atoms with Crippen molar-refractivity contribution in [2.24, 2.45) is 11.3 Å². The number of piperidine rings is 1. The van der Waals surface area contributed by atoms with Crippen molar-refractivity contribution in [1.29, 1.82) is 0 Å². The molecule has 2 rings (SSSR count). The van der Waals surface area contributed by atoms with E-state index in [0.29, 0.717) is 17.1 Å². The number of unbranched alkanes of at least 4 members (excludes halogenated alkanes) is 2. The third kappa shape index (κ3) is 2.41. The standard InChI is InChI=1S/C13H23NO/c1-2-3-4-5-12(15)11-10-13(11)6-8-14-9-7-13/h11,14H,2-10H2,1H3. The van der Waals surface area contributed by atoms with E-state index in [1.54, 1.807) is 0 Å². The molecular formula is C13H23NO. The molecule has 1 saturated heterocycles. The zero-order valence-corrected chi connectivity index (χ0v) is 9.85. The highest BCUT2D eigenvalue weighted by Gasteiger charge is 2.56. The first-order chi connectivity index (χ1) is 7.28. The van der Waals surface area contributed by atoms with E-state index in [0.717, 1.165) is 25.9 Å². The largest absolute Gasteiger partial charge is 0.317 e. The molecule has 2 heteroatoms. The van der Waals surface area contributed by atoms with Crippen LogP contribution >= 0.6 is 0 Å². The number of rotatable bonds is 5. The summed E-state index contributed by atoms with van der Waals surface area (Å²) in [6.45, 7) is 4.44. The predicted octanol–water partition coefficient (Wildman–Crippen LogP) is 2.53. The van der Waals surface area contributed by atoms with Crippen LogP contribution in [0.15, 0.2) is 0 Å². The van der Waals surface area contributed by atoms with Crippen molar-refractivity contribution in [2.75, 3.05) is 13.1 Å². The van der Waals surface area contributed by atoms with Gasteiger partial charge in [-0.15, -0.1) is 0 Å². The van der Waals surface area contributed by atoms with Crippen molar-refractivity contribution in [1.82, 2.24) is 5.32 Å². The molecule has 1 saturated carbocycles. The maximum Gasteiger partial charge on any atom is 0.136 e. The molecule has 1 spiro atoms. The van der Waals surface area contributed by atoms with Gasteiger partial charge in [-0.2, -0.15) is 0 Å². The Bertz CT molecular complexity index is 231. The van der Waals surface area contributed by atoms with Gasteiger partial charge in [0.1, 0.15) is 5.78 Å². The van der Waals surface area contributed by atoms with Gasteiger partial charge in [-0.05, 0) is 44.2 Å². The summed E-state index contributed by atoms with van der Waals surface area (Å²) >= 11 is 0. The SMILES string of the molecule is CCCCCC(=O)C1CC12CCNCC2. The number of carbonyl (C=O) groups is 1. The van der Waals surface area contributed by atoms with E-state index in [2.05, 4.69) is 12.2 Å². The van der Waals surface area contributed by atoms with E-state index < -0.39 is 0 Å². The Balaban J connectivity index is 1.74. The molecule has 2 aliphatic rings. The Kier molecular flexibility index (Phi) is 3.45. The lowest BCUT2D eigenvalue weighted by molar-refractivity contribution is -0.121. The van der Waals surface area contributed by atoms with Crippen LogP contribution in [0, 0.1) is 11.3 Å². The molecule has 0 aromatic rings. The smallest absolute Gasteiger partial charge is 0.136 e. The van der Waals surface area contributed by atoms with Crippen LogP contribution in [0.2, 0.25) is 0 Å². The van der Waals surface area contributed by atoms with E-state index >= 15 is 0 Å². The Morgan fingerprint density at radius 3 is 2.73 bits per heavy atom. The summed E-state index contributed by atoms with van der Waals surface area (Å²) < 4.78 is 0. The van der Waals surface area contributed by atoms with Gasteiger partial charge in [-0.3, -0.25) is 4.79 Å². The van der Waals surface area contributed by atoms with Crippen molar-refractivity contribution in [3.05, 3.63) is 0 Å². The molecule has 0 bridgehead atoms. The molecule has 1 heterocycles. The normalized spacial score (nSPS) is 27.9. The van der Waals surface area contributed by atoms with Crippen LogP contribution in [0.4, 0.5) is 0 Å². The van der Waals surface area contributed by atoms with Crippen LogP contribution in [0.5, 0.6) is 0 Å². The van der Waals surface area contributed by atoms with E-state index in [1.807, 2.05) is 0 Å². The molecule has 1 aliphatic carbocycles. The van der Waals surface area contributed by atoms with Gasteiger partial charge in [-0.25, -0.2) is 0 Å². The fourth-order valence-corrected chi connectivity index (χ4v) is 3.00. The maximum atomic E-state index is 11.9. The third-order valence-corrected chi connectivity index (χ3v) is 4.20. The minimum absolute atomic E-state index is 0.441. The fourth-order valence-electron chi connectivity index (χ4n) is 3.00. The second-order valence-corrected chi connectivity index (χ2v) is 5.29. The highest BCUT2D eigenvalue weighted by Crippen LogP contribution is 2.59. The van der Waals surface area contributed by atoms with E-state index in [4.69, 9.17) is 0 Å². The Morgan fingerprint density at radius 2 is 2.07 bits per heavy atom. The molecule has 0 radical (unpaired) electrons. The maximum absolute atomic E-state index is 11.9. The van der Waals surface area contributed by atoms with Crippen LogP contribution in [0.25, 0.3) is 0 Å². The number of hydrogen-bond donors (Lipinski definition) is 1. The average molecular weight is 209 g/mol. The van der Waals surface area contributed by atoms with Gasteiger partial charge in [0.2, 0.25) is 0 Å². The summed E-state index contributed by atoms with van der Waals surface area (Å²) in [4.78, 5) is 11.9. The zero-order chi connectivity index (χ0) is 10.7. The molecule has 2 fully saturated rings. The van der Waals surface area contributed by atoms with E-state index in [1.165, 1.54) is 32.1 Å².